The quantitative estimate of drug-likeness (QED) is 0.239. The van der Waals surface area contributed by atoms with E-state index in [4.69, 9.17) is 4.74 Å². The first-order valence-corrected chi connectivity index (χ1v) is 13.7. The first kappa shape index (κ1) is 27.6. The monoisotopic (exact) mass is 578 g/mol. The highest BCUT2D eigenvalue weighted by atomic mass is 79.9. The Morgan fingerprint density at radius 2 is 1.68 bits per heavy atom. The summed E-state index contributed by atoms with van der Waals surface area (Å²) in [6.07, 6.45) is 4.53. The molecule has 1 aromatic heterocycles. The molecule has 0 amide bonds. The zero-order valence-corrected chi connectivity index (χ0v) is 23.9. The Balaban J connectivity index is 1.56. The van der Waals surface area contributed by atoms with Crippen molar-refractivity contribution in [2.45, 2.75) is 38.6 Å². The molecule has 0 aliphatic carbocycles. The molecule has 3 N–H and O–H groups in total. The fraction of sp³-hybridized carbons (Fsp3) is 0.345. The number of ether oxygens (including phenoxy) is 1. The number of rotatable bonds is 10. The number of aldehydes is 1. The number of hydrogen-bond donors (Lipinski definition) is 3. The molecular weight excluding hydrogens is 544 g/mol. The van der Waals surface area contributed by atoms with E-state index in [1.165, 1.54) is 5.56 Å². The molecule has 0 radical (unpaired) electrons. The molecule has 2 heterocycles. The van der Waals surface area contributed by atoms with Crippen LogP contribution in [0.15, 0.2) is 54.7 Å². The summed E-state index contributed by atoms with van der Waals surface area (Å²) in [4.78, 5) is 23.8. The first-order valence-electron chi connectivity index (χ1n) is 12.9. The van der Waals surface area contributed by atoms with E-state index in [1.807, 2.05) is 36.4 Å². The fourth-order valence-corrected chi connectivity index (χ4v) is 4.78. The van der Waals surface area contributed by atoms with Gasteiger partial charge in [-0.05, 0) is 96.8 Å². The topological polar surface area (TPSA) is 91.4 Å². The van der Waals surface area contributed by atoms with Crippen LogP contribution < -0.4 is 20.7 Å². The van der Waals surface area contributed by atoms with Crippen LogP contribution in [0, 0.1) is 0 Å². The van der Waals surface area contributed by atoms with Crippen LogP contribution in [0.4, 0.5) is 17.5 Å². The van der Waals surface area contributed by atoms with Gasteiger partial charge in [0, 0.05) is 25.0 Å². The highest BCUT2D eigenvalue weighted by molar-refractivity contribution is 9.15. The minimum Gasteiger partial charge on any atom is -0.457 e. The lowest BCUT2D eigenvalue weighted by Gasteiger charge is -2.29. The zero-order chi connectivity index (χ0) is 27.1. The van der Waals surface area contributed by atoms with Crippen LogP contribution in [-0.2, 0) is 0 Å². The molecule has 4 rings (SSSR count). The van der Waals surface area contributed by atoms with Gasteiger partial charge in [-0.25, -0.2) is 4.98 Å². The number of benzene rings is 2. The molecule has 9 heteroatoms. The van der Waals surface area contributed by atoms with E-state index in [0.717, 1.165) is 49.4 Å². The van der Waals surface area contributed by atoms with E-state index in [0.29, 0.717) is 33.4 Å². The summed E-state index contributed by atoms with van der Waals surface area (Å²) in [5.74, 6) is 2.89. The summed E-state index contributed by atoms with van der Waals surface area (Å²) in [5, 5.41) is 9.75. The van der Waals surface area contributed by atoms with Crippen molar-refractivity contribution in [3.63, 3.8) is 0 Å². The predicted molar refractivity (Wildman–Crippen MR) is 158 cm³/mol. The second kappa shape index (κ2) is 12.9. The van der Waals surface area contributed by atoms with Gasteiger partial charge in [-0.1, -0.05) is 26.0 Å². The second-order valence-electron chi connectivity index (χ2n) is 9.75. The van der Waals surface area contributed by atoms with Gasteiger partial charge in [-0.3, -0.25) is 4.79 Å². The number of likely N-dealkylation sites (tertiary alicyclic amines) is 1. The van der Waals surface area contributed by atoms with Crippen molar-refractivity contribution >= 4 is 44.2 Å². The third kappa shape index (κ3) is 7.11. The Hall–Kier alpha value is -3.43. The molecule has 3 aromatic rings. The summed E-state index contributed by atoms with van der Waals surface area (Å²) in [6.45, 7) is 6.37. The summed E-state index contributed by atoms with van der Waals surface area (Å²) in [5.41, 5.74) is 2.92. The smallest absolute Gasteiger partial charge is 0.225 e. The first-order chi connectivity index (χ1) is 18.4. The Kier molecular flexibility index (Phi) is 9.36. The maximum Gasteiger partial charge on any atom is 0.225 e. The lowest BCUT2D eigenvalue weighted by atomic mass is 10.0. The van der Waals surface area contributed by atoms with Crippen LogP contribution in [0.3, 0.4) is 0 Å². The third-order valence-electron chi connectivity index (χ3n) is 6.51. The number of carbonyl (C=O) groups excluding carboxylic acids is 1. The van der Waals surface area contributed by atoms with Gasteiger partial charge in [-0.2, -0.15) is 4.98 Å². The lowest BCUT2D eigenvalue weighted by Crippen LogP contribution is -2.37. The highest BCUT2D eigenvalue weighted by Gasteiger charge is 2.21. The predicted octanol–water partition coefficient (Wildman–Crippen LogP) is 6.37. The number of nitrogens with one attached hydrogen (secondary N) is 3. The summed E-state index contributed by atoms with van der Waals surface area (Å²) in [7, 11) is 3.92. The number of halogens is 1. The van der Waals surface area contributed by atoms with E-state index >= 15 is 0 Å². The molecule has 1 aliphatic rings. The van der Waals surface area contributed by atoms with Gasteiger partial charge in [0.1, 0.15) is 17.3 Å². The van der Waals surface area contributed by atoms with E-state index in [9.17, 15) is 4.79 Å². The van der Waals surface area contributed by atoms with Crippen molar-refractivity contribution in [2.24, 2.45) is 0 Å². The van der Waals surface area contributed by atoms with Crippen LogP contribution in [0.5, 0.6) is 11.5 Å². The van der Waals surface area contributed by atoms with Gasteiger partial charge in [0.15, 0.2) is 6.29 Å². The largest absolute Gasteiger partial charge is 0.457 e. The standard InChI is InChI=1S/C29H35BrN6O2/c1-19(2)20-5-9-23(10-6-20)38-24-11-7-21(8-12-24)32-28-25(18-37)27(26(30)17-31-3)34-29(35-28)33-22-13-15-36(4)16-14-22/h5-12,17-19,22,31H,13-16H2,1-4H3,(H2,32,33,34,35)/b26-17+. The van der Waals surface area contributed by atoms with Crippen LogP contribution in [0.1, 0.15) is 54.2 Å². The number of piperidine rings is 1. The van der Waals surface area contributed by atoms with Crippen LogP contribution in [0.2, 0.25) is 0 Å². The number of nitrogens with zero attached hydrogens (tertiary/aromatic N) is 3. The normalized spacial score (nSPS) is 14.8. The Bertz CT molecular complexity index is 1250. The van der Waals surface area contributed by atoms with Crippen molar-refractivity contribution in [3.05, 3.63) is 71.6 Å². The van der Waals surface area contributed by atoms with Crippen molar-refractivity contribution in [3.8, 4) is 11.5 Å². The molecule has 0 spiro atoms. The minimum absolute atomic E-state index is 0.270. The van der Waals surface area contributed by atoms with Gasteiger partial charge >= 0.3 is 0 Å². The molecule has 200 valence electrons. The van der Waals surface area contributed by atoms with Crippen molar-refractivity contribution in [1.82, 2.24) is 20.2 Å². The molecule has 1 saturated heterocycles. The lowest BCUT2D eigenvalue weighted by molar-refractivity contribution is 0.112. The molecule has 0 bridgehead atoms. The van der Waals surface area contributed by atoms with Gasteiger partial charge in [-0.15, -0.1) is 0 Å². The summed E-state index contributed by atoms with van der Waals surface area (Å²) in [6, 6.07) is 16.0. The molecule has 1 fully saturated rings. The molecule has 2 aromatic carbocycles. The average Bonchev–Trinajstić information content (AvgIpc) is 2.91. The average molecular weight is 580 g/mol. The SMILES string of the molecule is CN/C=C(/Br)c1nc(NC2CCN(C)CC2)nc(Nc2ccc(Oc3ccc(C(C)C)cc3)cc2)c1C=O. The van der Waals surface area contributed by atoms with Gasteiger partial charge in [0.2, 0.25) is 5.95 Å². The number of carbonyl (C=O) groups is 1. The van der Waals surface area contributed by atoms with E-state index < -0.39 is 0 Å². The Labute approximate surface area is 233 Å². The van der Waals surface area contributed by atoms with Gasteiger partial charge in [0.25, 0.3) is 0 Å². The fourth-order valence-electron chi connectivity index (χ4n) is 4.25. The summed E-state index contributed by atoms with van der Waals surface area (Å²) < 4.78 is 6.67. The van der Waals surface area contributed by atoms with Gasteiger partial charge < -0.3 is 25.6 Å². The number of hydrogen-bond acceptors (Lipinski definition) is 8. The highest BCUT2D eigenvalue weighted by Crippen LogP contribution is 2.31. The molecule has 38 heavy (non-hydrogen) atoms. The van der Waals surface area contributed by atoms with E-state index in [1.54, 1.807) is 13.2 Å². The van der Waals surface area contributed by atoms with Crippen LogP contribution in [0.25, 0.3) is 4.48 Å². The van der Waals surface area contributed by atoms with Crippen molar-refractivity contribution in [1.29, 1.82) is 0 Å². The number of aromatic nitrogens is 2. The summed E-state index contributed by atoms with van der Waals surface area (Å²) >= 11 is 3.55. The van der Waals surface area contributed by atoms with E-state index in [2.05, 4.69) is 79.8 Å². The van der Waals surface area contributed by atoms with Crippen LogP contribution in [-0.4, -0.2) is 54.4 Å². The van der Waals surface area contributed by atoms with Crippen LogP contribution >= 0.6 is 15.9 Å². The molecule has 0 unspecified atom stereocenters. The van der Waals surface area contributed by atoms with E-state index in [-0.39, 0.29) is 6.04 Å². The molecule has 0 saturated carbocycles. The molecular formula is C29H35BrN6O2. The van der Waals surface area contributed by atoms with Gasteiger partial charge in [0.05, 0.1) is 15.7 Å². The van der Waals surface area contributed by atoms with Crippen molar-refractivity contribution < 1.29 is 9.53 Å². The molecule has 8 nitrogen and oxygen atoms in total. The third-order valence-corrected chi connectivity index (χ3v) is 7.12. The second-order valence-corrected chi connectivity index (χ2v) is 10.6. The maximum atomic E-state index is 12.2. The maximum absolute atomic E-state index is 12.2. The zero-order valence-electron chi connectivity index (χ0n) is 22.3. The van der Waals surface area contributed by atoms with Crippen molar-refractivity contribution in [2.75, 3.05) is 37.8 Å². The Morgan fingerprint density at radius 3 is 2.26 bits per heavy atom. The minimum atomic E-state index is 0.270. The molecule has 0 atom stereocenters. The Morgan fingerprint density at radius 1 is 1.05 bits per heavy atom. The number of anilines is 3. The molecule has 1 aliphatic heterocycles.